The van der Waals surface area contributed by atoms with Gasteiger partial charge < -0.3 is 19.1 Å². The number of nitrogens with zero attached hydrogens (tertiary/aromatic N) is 2. The molecule has 0 N–H and O–H groups in total. The van der Waals surface area contributed by atoms with Crippen LogP contribution in [0.5, 0.6) is 17.2 Å². The third-order valence-electron chi connectivity index (χ3n) is 5.95. The molecular weight excluding hydrogens is 356 g/mol. The van der Waals surface area contributed by atoms with Crippen molar-refractivity contribution in [2.75, 3.05) is 47.5 Å². The molecule has 3 rings (SSSR count). The SMILES string of the molecule is COc1cc(OC)c(OC)cc1CN1CCC[C@H](C(=O)N2CCCCCC2)C1. The smallest absolute Gasteiger partial charge is 0.226 e. The fourth-order valence-electron chi connectivity index (χ4n) is 4.41. The van der Waals surface area contributed by atoms with Crippen LogP contribution < -0.4 is 14.2 Å². The van der Waals surface area contributed by atoms with Crippen LogP contribution in [0.1, 0.15) is 44.1 Å². The van der Waals surface area contributed by atoms with Crippen molar-refractivity contribution in [2.24, 2.45) is 5.92 Å². The quantitative estimate of drug-likeness (QED) is 0.746. The van der Waals surface area contributed by atoms with Gasteiger partial charge in [-0.1, -0.05) is 12.8 Å². The predicted octanol–water partition coefficient (Wildman–Crippen LogP) is 3.33. The van der Waals surface area contributed by atoms with Crippen molar-refractivity contribution >= 4 is 5.91 Å². The maximum absolute atomic E-state index is 13.0. The minimum absolute atomic E-state index is 0.109. The summed E-state index contributed by atoms with van der Waals surface area (Å²) in [6.45, 7) is 4.42. The Labute approximate surface area is 168 Å². The highest BCUT2D eigenvalue weighted by molar-refractivity contribution is 5.79. The van der Waals surface area contributed by atoms with Gasteiger partial charge in [-0.15, -0.1) is 0 Å². The maximum Gasteiger partial charge on any atom is 0.226 e. The first-order valence-corrected chi connectivity index (χ1v) is 10.5. The van der Waals surface area contributed by atoms with Crippen molar-refractivity contribution in [1.29, 1.82) is 0 Å². The standard InChI is InChI=1S/C22H34N2O4/c1-26-19-14-21(28-3)20(27-2)13-18(19)16-23-10-8-9-17(15-23)22(25)24-11-6-4-5-7-12-24/h13-14,17H,4-12,15-16H2,1-3H3/t17-/m0/s1. The number of ether oxygens (including phenoxy) is 3. The highest BCUT2D eigenvalue weighted by Gasteiger charge is 2.30. The van der Waals surface area contributed by atoms with E-state index in [4.69, 9.17) is 14.2 Å². The first kappa shape index (κ1) is 20.8. The van der Waals surface area contributed by atoms with Gasteiger partial charge in [0.15, 0.2) is 11.5 Å². The number of amides is 1. The van der Waals surface area contributed by atoms with E-state index in [1.54, 1.807) is 21.3 Å². The Morgan fingerprint density at radius 2 is 1.54 bits per heavy atom. The molecule has 0 aromatic heterocycles. The van der Waals surface area contributed by atoms with Gasteiger partial charge in [-0.2, -0.15) is 0 Å². The van der Waals surface area contributed by atoms with Crippen molar-refractivity contribution in [3.8, 4) is 17.2 Å². The van der Waals surface area contributed by atoms with Gasteiger partial charge in [-0.25, -0.2) is 0 Å². The molecule has 1 amide bonds. The molecule has 0 spiro atoms. The Hall–Kier alpha value is -1.95. The average molecular weight is 391 g/mol. The average Bonchev–Trinajstić information content (AvgIpc) is 3.02. The Balaban J connectivity index is 1.68. The van der Waals surface area contributed by atoms with Gasteiger partial charge in [0.1, 0.15) is 5.75 Å². The summed E-state index contributed by atoms with van der Waals surface area (Å²) >= 11 is 0. The van der Waals surface area contributed by atoms with Crippen LogP contribution in [0.2, 0.25) is 0 Å². The lowest BCUT2D eigenvalue weighted by Crippen LogP contribution is -2.44. The van der Waals surface area contributed by atoms with Gasteiger partial charge in [0.05, 0.1) is 27.2 Å². The summed E-state index contributed by atoms with van der Waals surface area (Å²) < 4.78 is 16.4. The molecule has 0 unspecified atom stereocenters. The number of carbonyl (C=O) groups excluding carboxylic acids is 1. The Morgan fingerprint density at radius 1 is 0.893 bits per heavy atom. The van der Waals surface area contributed by atoms with E-state index in [1.165, 1.54) is 12.8 Å². The van der Waals surface area contributed by atoms with Crippen LogP contribution >= 0.6 is 0 Å². The molecule has 2 aliphatic rings. The first-order valence-electron chi connectivity index (χ1n) is 10.5. The Bertz CT molecular complexity index is 656. The number of methoxy groups -OCH3 is 3. The van der Waals surface area contributed by atoms with Crippen molar-refractivity contribution < 1.29 is 19.0 Å². The highest BCUT2D eigenvalue weighted by atomic mass is 16.5. The molecular formula is C22H34N2O4. The van der Waals surface area contributed by atoms with Crippen LogP contribution in [-0.2, 0) is 11.3 Å². The zero-order valence-corrected chi connectivity index (χ0v) is 17.5. The second-order valence-electron chi connectivity index (χ2n) is 7.83. The summed E-state index contributed by atoms with van der Waals surface area (Å²) in [6, 6.07) is 3.86. The highest BCUT2D eigenvalue weighted by Crippen LogP contribution is 2.35. The van der Waals surface area contributed by atoms with Gasteiger partial charge in [-0.05, 0) is 38.3 Å². The summed E-state index contributed by atoms with van der Waals surface area (Å²) in [5, 5.41) is 0. The fourth-order valence-corrected chi connectivity index (χ4v) is 4.41. The monoisotopic (exact) mass is 390 g/mol. The molecule has 1 atom stereocenters. The van der Waals surface area contributed by atoms with Crippen LogP contribution in [0.25, 0.3) is 0 Å². The third-order valence-corrected chi connectivity index (χ3v) is 5.95. The lowest BCUT2D eigenvalue weighted by Gasteiger charge is -2.35. The summed E-state index contributed by atoms with van der Waals surface area (Å²) in [6.07, 6.45) is 6.84. The van der Waals surface area contributed by atoms with E-state index in [-0.39, 0.29) is 5.92 Å². The van der Waals surface area contributed by atoms with Gasteiger partial charge in [0.2, 0.25) is 5.91 Å². The molecule has 2 heterocycles. The Morgan fingerprint density at radius 3 is 2.18 bits per heavy atom. The molecule has 0 radical (unpaired) electrons. The number of benzene rings is 1. The second kappa shape index (κ2) is 10.0. The maximum atomic E-state index is 13.0. The van der Waals surface area contributed by atoms with Crippen LogP contribution in [-0.4, -0.2) is 63.2 Å². The lowest BCUT2D eigenvalue weighted by molar-refractivity contribution is -0.137. The number of hydrogen-bond acceptors (Lipinski definition) is 5. The molecule has 0 saturated carbocycles. The van der Waals surface area contributed by atoms with E-state index in [1.807, 2.05) is 12.1 Å². The Kier molecular flexibility index (Phi) is 7.43. The molecule has 6 nitrogen and oxygen atoms in total. The van der Waals surface area contributed by atoms with E-state index in [0.717, 1.165) is 69.7 Å². The number of piperidine rings is 1. The molecule has 6 heteroatoms. The summed E-state index contributed by atoms with van der Waals surface area (Å²) in [7, 11) is 4.94. The van der Waals surface area contributed by atoms with Gasteiger partial charge in [0.25, 0.3) is 0 Å². The number of hydrogen-bond donors (Lipinski definition) is 0. The summed E-state index contributed by atoms with van der Waals surface area (Å²) in [5.74, 6) is 2.62. The van der Waals surface area contributed by atoms with Crippen molar-refractivity contribution in [3.63, 3.8) is 0 Å². The molecule has 156 valence electrons. The minimum atomic E-state index is 0.109. The summed E-state index contributed by atoms with van der Waals surface area (Å²) in [5.41, 5.74) is 1.06. The zero-order chi connectivity index (χ0) is 19.9. The molecule has 2 aliphatic heterocycles. The molecule has 1 aromatic carbocycles. The van der Waals surface area contributed by atoms with Crippen molar-refractivity contribution in [1.82, 2.24) is 9.80 Å². The predicted molar refractivity (Wildman–Crippen MR) is 109 cm³/mol. The topological polar surface area (TPSA) is 51.2 Å². The largest absolute Gasteiger partial charge is 0.496 e. The fraction of sp³-hybridized carbons (Fsp3) is 0.682. The van der Waals surface area contributed by atoms with E-state index < -0.39 is 0 Å². The van der Waals surface area contributed by atoms with E-state index >= 15 is 0 Å². The number of likely N-dealkylation sites (tertiary alicyclic amines) is 2. The van der Waals surface area contributed by atoms with Crippen LogP contribution in [0.4, 0.5) is 0 Å². The van der Waals surface area contributed by atoms with Gasteiger partial charge in [-0.3, -0.25) is 9.69 Å². The van der Waals surface area contributed by atoms with Crippen LogP contribution in [0.3, 0.4) is 0 Å². The minimum Gasteiger partial charge on any atom is -0.496 e. The van der Waals surface area contributed by atoms with Gasteiger partial charge >= 0.3 is 0 Å². The molecule has 2 fully saturated rings. The first-order chi connectivity index (χ1) is 13.7. The molecule has 28 heavy (non-hydrogen) atoms. The van der Waals surface area contributed by atoms with Gasteiger partial charge in [0, 0.05) is 37.8 Å². The van der Waals surface area contributed by atoms with Crippen molar-refractivity contribution in [2.45, 2.75) is 45.1 Å². The molecule has 0 bridgehead atoms. The number of rotatable bonds is 6. The van der Waals surface area contributed by atoms with E-state index in [9.17, 15) is 4.79 Å². The molecule has 0 aliphatic carbocycles. The van der Waals surface area contributed by atoms with E-state index in [0.29, 0.717) is 17.4 Å². The normalized spacial score (nSPS) is 21.1. The van der Waals surface area contributed by atoms with Crippen LogP contribution in [0.15, 0.2) is 12.1 Å². The van der Waals surface area contributed by atoms with Crippen LogP contribution in [0, 0.1) is 5.92 Å². The summed E-state index contributed by atoms with van der Waals surface area (Å²) in [4.78, 5) is 17.5. The van der Waals surface area contributed by atoms with E-state index in [2.05, 4.69) is 9.80 Å². The third kappa shape index (κ3) is 4.90. The molecule has 1 aromatic rings. The zero-order valence-electron chi connectivity index (χ0n) is 17.5. The van der Waals surface area contributed by atoms with Crippen molar-refractivity contribution in [3.05, 3.63) is 17.7 Å². The lowest BCUT2D eigenvalue weighted by atomic mass is 9.95. The molecule has 2 saturated heterocycles. The number of carbonyl (C=O) groups is 1. The second-order valence-corrected chi connectivity index (χ2v) is 7.83.